The quantitative estimate of drug-likeness (QED) is 0.705. The molecule has 0 saturated carbocycles. The van der Waals surface area contributed by atoms with E-state index in [1.165, 1.54) is 0 Å². The van der Waals surface area contributed by atoms with Gasteiger partial charge >= 0.3 is 0 Å². The van der Waals surface area contributed by atoms with Gasteiger partial charge in [0.15, 0.2) is 0 Å². The van der Waals surface area contributed by atoms with Gasteiger partial charge < -0.3 is 15.0 Å². The molecule has 0 fully saturated rings. The SMILES string of the molecule is O=S(=O)(NCCO)c1cn(CC2=NCCN2)c2ccc(Cl)cc12. The molecule has 0 unspecified atom stereocenters. The van der Waals surface area contributed by atoms with E-state index in [4.69, 9.17) is 16.7 Å². The van der Waals surface area contributed by atoms with E-state index in [1.54, 1.807) is 24.4 Å². The summed E-state index contributed by atoms with van der Waals surface area (Å²) >= 11 is 6.02. The standard InChI is InChI=1S/C14H17ClN4O3S/c15-10-1-2-12-11(7-10)13(23(21,22)18-5-6-20)8-19(12)9-14-16-3-4-17-14/h1-2,7-8,18,20H,3-6,9H2,(H,16,17). The zero-order valence-electron chi connectivity index (χ0n) is 12.3. The van der Waals surface area contributed by atoms with E-state index in [-0.39, 0.29) is 18.0 Å². The van der Waals surface area contributed by atoms with Gasteiger partial charge in [-0.15, -0.1) is 0 Å². The third kappa shape index (κ3) is 3.35. The van der Waals surface area contributed by atoms with Gasteiger partial charge in [-0.3, -0.25) is 4.99 Å². The second-order valence-electron chi connectivity index (χ2n) is 5.16. The van der Waals surface area contributed by atoms with Crippen LogP contribution in [0.25, 0.3) is 10.9 Å². The first-order valence-electron chi connectivity index (χ1n) is 7.17. The predicted molar refractivity (Wildman–Crippen MR) is 89.5 cm³/mol. The van der Waals surface area contributed by atoms with Gasteiger partial charge in [-0.2, -0.15) is 0 Å². The Morgan fingerprint density at radius 1 is 1.43 bits per heavy atom. The van der Waals surface area contributed by atoms with Crippen molar-refractivity contribution in [3.63, 3.8) is 0 Å². The number of fused-ring (bicyclic) bond motifs is 1. The molecule has 9 heteroatoms. The fraction of sp³-hybridized carbons (Fsp3) is 0.357. The van der Waals surface area contributed by atoms with Crippen molar-refractivity contribution in [1.29, 1.82) is 0 Å². The van der Waals surface area contributed by atoms with E-state index >= 15 is 0 Å². The molecule has 1 aliphatic rings. The van der Waals surface area contributed by atoms with Gasteiger partial charge in [-0.05, 0) is 18.2 Å². The van der Waals surface area contributed by atoms with Crippen molar-refractivity contribution < 1.29 is 13.5 Å². The molecule has 1 aromatic heterocycles. The van der Waals surface area contributed by atoms with Crippen LogP contribution in [0.15, 0.2) is 34.3 Å². The van der Waals surface area contributed by atoms with Crippen LogP contribution in [0.4, 0.5) is 0 Å². The fourth-order valence-electron chi connectivity index (χ4n) is 2.55. The summed E-state index contributed by atoms with van der Waals surface area (Å²) in [5, 5.41) is 13.0. The van der Waals surface area contributed by atoms with Gasteiger partial charge in [0, 0.05) is 35.2 Å². The van der Waals surface area contributed by atoms with Crippen molar-refractivity contribution in [1.82, 2.24) is 14.6 Å². The number of hydrogen-bond acceptors (Lipinski definition) is 5. The number of aliphatic hydroxyl groups is 1. The summed E-state index contributed by atoms with van der Waals surface area (Å²) in [6.07, 6.45) is 1.57. The van der Waals surface area contributed by atoms with Gasteiger partial charge in [0.2, 0.25) is 10.0 Å². The molecule has 0 bridgehead atoms. The highest BCUT2D eigenvalue weighted by atomic mass is 35.5. The second kappa shape index (κ2) is 6.48. The molecule has 0 saturated heterocycles. The summed E-state index contributed by atoms with van der Waals surface area (Å²) in [5.41, 5.74) is 0.759. The second-order valence-corrected chi connectivity index (χ2v) is 7.33. The molecule has 23 heavy (non-hydrogen) atoms. The van der Waals surface area contributed by atoms with E-state index in [9.17, 15) is 8.42 Å². The number of aliphatic imine (C=N–C) groups is 1. The van der Waals surface area contributed by atoms with Gasteiger partial charge in [0.25, 0.3) is 0 Å². The molecule has 3 N–H and O–H groups in total. The molecule has 0 aliphatic carbocycles. The zero-order chi connectivity index (χ0) is 16.4. The molecular weight excluding hydrogens is 340 g/mol. The molecule has 0 atom stereocenters. The van der Waals surface area contributed by atoms with Crippen LogP contribution in [0.1, 0.15) is 0 Å². The van der Waals surface area contributed by atoms with Crippen molar-refractivity contribution in [2.24, 2.45) is 4.99 Å². The van der Waals surface area contributed by atoms with Crippen LogP contribution in [0, 0.1) is 0 Å². The van der Waals surface area contributed by atoms with Crippen molar-refractivity contribution in [2.45, 2.75) is 11.4 Å². The number of amidine groups is 1. The minimum Gasteiger partial charge on any atom is -0.395 e. The number of nitrogens with one attached hydrogen (secondary N) is 2. The first kappa shape index (κ1) is 16.3. The summed E-state index contributed by atoms with van der Waals surface area (Å²) in [5.74, 6) is 0.823. The van der Waals surface area contributed by atoms with Crippen LogP contribution in [-0.4, -0.2) is 50.2 Å². The lowest BCUT2D eigenvalue weighted by Crippen LogP contribution is -2.26. The Kier molecular flexibility index (Phi) is 4.58. The molecule has 0 amide bonds. The molecule has 0 radical (unpaired) electrons. The lowest BCUT2D eigenvalue weighted by atomic mass is 10.2. The molecule has 0 spiro atoms. The van der Waals surface area contributed by atoms with E-state index in [0.29, 0.717) is 17.0 Å². The number of nitrogens with zero attached hydrogens (tertiary/aromatic N) is 2. The monoisotopic (exact) mass is 356 g/mol. The van der Waals surface area contributed by atoms with Crippen LogP contribution in [0.3, 0.4) is 0 Å². The molecule has 124 valence electrons. The Labute approximate surface area is 139 Å². The third-order valence-electron chi connectivity index (χ3n) is 3.56. The zero-order valence-corrected chi connectivity index (χ0v) is 13.9. The van der Waals surface area contributed by atoms with Crippen molar-refractivity contribution in [3.05, 3.63) is 29.4 Å². The minimum atomic E-state index is -3.73. The number of aromatic nitrogens is 1. The molecule has 7 nitrogen and oxygen atoms in total. The maximum absolute atomic E-state index is 12.4. The van der Waals surface area contributed by atoms with Crippen molar-refractivity contribution in [3.8, 4) is 0 Å². The van der Waals surface area contributed by atoms with Crippen LogP contribution in [-0.2, 0) is 16.6 Å². The Morgan fingerprint density at radius 2 is 2.26 bits per heavy atom. The van der Waals surface area contributed by atoms with Crippen LogP contribution >= 0.6 is 11.6 Å². The predicted octanol–water partition coefficient (Wildman–Crippen LogP) is 0.567. The number of benzene rings is 1. The highest BCUT2D eigenvalue weighted by Gasteiger charge is 2.21. The average molecular weight is 357 g/mol. The summed E-state index contributed by atoms with van der Waals surface area (Å²) in [6, 6.07) is 5.14. The number of hydrogen-bond donors (Lipinski definition) is 3. The van der Waals surface area contributed by atoms with Crippen molar-refractivity contribution in [2.75, 3.05) is 26.2 Å². The summed E-state index contributed by atoms with van der Waals surface area (Å²) in [4.78, 5) is 4.48. The van der Waals surface area contributed by atoms with E-state index in [1.807, 2.05) is 4.57 Å². The first-order chi connectivity index (χ1) is 11.0. The van der Waals surface area contributed by atoms with E-state index in [0.717, 1.165) is 24.4 Å². The number of sulfonamides is 1. The number of aliphatic hydroxyl groups excluding tert-OH is 1. The van der Waals surface area contributed by atoms with E-state index < -0.39 is 10.0 Å². The van der Waals surface area contributed by atoms with Gasteiger partial charge in [0.05, 0.1) is 19.7 Å². The minimum absolute atomic E-state index is 0.0379. The Hall–Kier alpha value is -1.61. The largest absolute Gasteiger partial charge is 0.395 e. The molecule has 1 aliphatic heterocycles. The Bertz CT molecular complexity index is 860. The van der Waals surface area contributed by atoms with E-state index in [2.05, 4.69) is 15.0 Å². The molecule has 2 aromatic rings. The summed E-state index contributed by atoms with van der Waals surface area (Å²) < 4.78 is 29.1. The van der Waals surface area contributed by atoms with Crippen LogP contribution in [0.5, 0.6) is 0 Å². The molecule has 2 heterocycles. The first-order valence-corrected chi connectivity index (χ1v) is 9.03. The molecule has 3 rings (SSSR count). The topological polar surface area (TPSA) is 95.7 Å². The lowest BCUT2D eigenvalue weighted by molar-refractivity contribution is 0.301. The number of rotatable bonds is 6. The normalized spacial score (nSPS) is 15.0. The molecular formula is C14H17ClN4O3S. The van der Waals surface area contributed by atoms with Gasteiger partial charge in [-0.25, -0.2) is 13.1 Å². The average Bonchev–Trinajstić information content (AvgIpc) is 3.14. The van der Waals surface area contributed by atoms with Crippen LogP contribution in [0.2, 0.25) is 5.02 Å². The summed E-state index contributed by atoms with van der Waals surface area (Å²) in [7, 11) is -3.73. The smallest absolute Gasteiger partial charge is 0.242 e. The van der Waals surface area contributed by atoms with Crippen molar-refractivity contribution >= 4 is 38.4 Å². The van der Waals surface area contributed by atoms with Crippen LogP contribution < -0.4 is 10.0 Å². The summed E-state index contributed by atoms with van der Waals surface area (Å²) in [6.45, 7) is 1.68. The maximum Gasteiger partial charge on any atom is 0.242 e. The maximum atomic E-state index is 12.4. The fourth-order valence-corrected chi connectivity index (χ4v) is 3.96. The third-order valence-corrected chi connectivity index (χ3v) is 5.29. The Balaban J connectivity index is 2.08. The number of halogens is 1. The van der Waals surface area contributed by atoms with Gasteiger partial charge in [-0.1, -0.05) is 11.6 Å². The highest BCUT2D eigenvalue weighted by molar-refractivity contribution is 7.89. The lowest BCUT2D eigenvalue weighted by Gasteiger charge is -2.05. The van der Waals surface area contributed by atoms with Gasteiger partial charge in [0.1, 0.15) is 10.7 Å². The Morgan fingerprint density at radius 3 is 2.96 bits per heavy atom. The highest BCUT2D eigenvalue weighted by Crippen LogP contribution is 2.28. The molecule has 1 aromatic carbocycles.